The number of aromatic nitrogens is 6. The average Bonchev–Trinajstić information content (AvgIpc) is 3.04. The normalized spacial score (nSPS) is 11.9. The maximum Gasteiger partial charge on any atom is 0.433 e. The molecule has 0 aliphatic rings. The Labute approximate surface area is 169 Å². The highest BCUT2D eigenvalue weighted by Gasteiger charge is 2.33. The van der Waals surface area contributed by atoms with Crippen molar-refractivity contribution >= 4 is 27.0 Å². The number of nitrogens with one attached hydrogen (secondary N) is 1. The van der Waals surface area contributed by atoms with Crippen molar-refractivity contribution in [1.82, 2.24) is 29.7 Å². The third kappa shape index (κ3) is 3.53. The number of nitrogens with zero attached hydrogens (tertiary/aromatic N) is 5. The Morgan fingerprint density at radius 2 is 1.79 bits per heavy atom. The van der Waals surface area contributed by atoms with Gasteiger partial charge in [-0.25, -0.2) is 19.6 Å². The van der Waals surface area contributed by atoms with Gasteiger partial charge in [-0.05, 0) is 43.2 Å². The van der Waals surface area contributed by atoms with Gasteiger partial charge in [0.2, 0.25) is 0 Å². The van der Waals surface area contributed by atoms with Gasteiger partial charge in [-0.3, -0.25) is 4.79 Å². The van der Waals surface area contributed by atoms with E-state index < -0.39 is 17.4 Å². The molecular weight excluding hydrogens is 453 g/mol. The van der Waals surface area contributed by atoms with E-state index in [2.05, 4.69) is 41.0 Å². The van der Waals surface area contributed by atoms with Crippen LogP contribution in [0.3, 0.4) is 0 Å². The molecule has 3 heterocycles. The van der Waals surface area contributed by atoms with E-state index >= 15 is 0 Å². The van der Waals surface area contributed by atoms with Crippen LogP contribution in [-0.4, -0.2) is 29.7 Å². The minimum Gasteiger partial charge on any atom is -0.305 e. The second kappa shape index (κ2) is 6.76. The summed E-state index contributed by atoms with van der Waals surface area (Å²) in [5, 5.41) is 4.57. The predicted molar refractivity (Wildman–Crippen MR) is 103 cm³/mol. The lowest BCUT2D eigenvalue weighted by atomic mass is 10.1. The number of fused-ring (bicyclic) bond motifs is 1. The van der Waals surface area contributed by atoms with Crippen molar-refractivity contribution in [3.63, 3.8) is 0 Å². The quantitative estimate of drug-likeness (QED) is 0.484. The number of aryl methyl sites for hydroxylation is 2. The van der Waals surface area contributed by atoms with Crippen molar-refractivity contribution in [3.05, 3.63) is 62.4 Å². The van der Waals surface area contributed by atoms with E-state index in [9.17, 15) is 18.0 Å². The van der Waals surface area contributed by atoms with Crippen LogP contribution >= 0.6 is 15.9 Å². The molecule has 3 aromatic heterocycles. The minimum atomic E-state index is -4.64. The Kier molecular flexibility index (Phi) is 4.49. The molecule has 11 heteroatoms. The molecule has 0 atom stereocenters. The standard InChI is InChI=1S/C18H12BrF3N6O/c1-8-3-10(19)4-9(2)14(8)28-6-11-15(27-28)25-16(26-17(11)29)12-5-13(18(20,21)22)24-7-23-12/h3-7H,1-2H3,(H,25,26,27,29). The van der Waals surface area contributed by atoms with Gasteiger partial charge in [-0.2, -0.15) is 13.2 Å². The van der Waals surface area contributed by atoms with Crippen LogP contribution in [0, 0.1) is 13.8 Å². The summed E-state index contributed by atoms with van der Waals surface area (Å²) in [6.45, 7) is 3.81. The molecule has 4 rings (SSSR count). The monoisotopic (exact) mass is 464 g/mol. The van der Waals surface area contributed by atoms with Crippen molar-refractivity contribution in [2.45, 2.75) is 20.0 Å². The molecule has 0 bridgehead atoms. The second-order valence-electron chi connectivity index (χ2n) is 6.40. The first-order valence-electron chi connectivity index (χ1n) is 8.30. The molecule has 148 valence electrons. The van der Waals surface area contributed by atoms with E-state index in [1.807, 2.05) is 26.0 Å². The first-order valence-corrected chi connectivity index (χ1v) is 9.09. The zero-order valence-corrected chi connectivity index (χ0v) is 16.6. The molecule has 0 amide bonds. The molecule has 1 aromatic carbocycles. The van der Waals surface area contributed by atoms with Gasteiger partial charge in [0, 0.05) is 10.7 Å². The number of halogens is 4. The molecule has 0 radical (unpaired) electrons. The van der Waals surface area contributed by atoms with Crippen molar-refractivity contribution in [2.75, 3.05) is 0 Å². The Bertz CT molecular complexity index is 1290. The van der Waals surface area contributed by atoms with Crippen LogP contribution < -0.4 is 5.56 Å². The molecule has 7 nitrogen and oxygen atoms in total. The Morgan fingerprint density at radius 3 is 2.45 bits per heavy atom. The Morgan fingerprint density at radius 1 is 1.10 bits per heavy atom. The number of aromatic amines is 1. The van der Waals surface area contributed by atoms with Gasteiger partial charge in [0.25, 0.3) is 5.56 Å². The first-order chi connectivity index (χ1) is 13.6. The molecule has 0 aliphatic heterocycles. The number of H-pyrrole nitrogens is 1. The first kappa shape index (κ1) is 19.2. The molecule has 0 spiro atoms. The molecule has 0 saturated carbocycles. The lowest BCUT2D eigenvalue weighted by molar-refractivity contribution is -0.141. The van der Waals surface area contributed by atoms with E-state index in [4.69, 9.17) is 0 Å². The number of rotatable bonds is 2. The highest BCUT2D eigenvalue weighted by atomic mass is 79.9. The van der Waals surface area contributed by atoms with Gasteiger partial charge < -0.3 is 4.98 Å². The van der Waals surface area contributed by atoms with Crippen molar-refractivity contribution in [3.8, 4) is 17.2 Å². The topological polar surface area (TPSA) is 89.4 Å². The summed E-state index contributed by atoms with van der Waals surface area (Å²) in [6.07, 6.45) is -2.33. The summed E-state index contributed by atoms with van der Waals surface area (Å²) in [7, 11) is 0. The Hall–Kier alpha value is -3.08. The lowest BCUT2D eigenvalue weighted by Crippen LogP contribution is -2.11. The van der Waals surface area contributed by atoms with Crippen LogP contribution in [0.1, 0.15) is 16.8 Å². The van der Waals surface area contributed by atoms with Crippen LogP contribution in [0.5, 0.6) is 0 Å². The van der Waals surface area contributed by atoms with Crippen LogP contribution in [-0.2, 0) is 6.18 Å². The van der Waals surface area contributed by atoms with Gasteiger partial charge in [0.15, 0.2) is 11.5 Å². The van der Waals surface area contributed by atoms with E-state index in [1.165, 1.54) is 10.9 Å². The summed E-state index contributed by atoms with van der Waals surface area (Å²) in [5.74, 6) is -0.120. The molecule has 0 unspecified atom stereocenters. The maximum absolute atomic E-state index is 12.9. The van der Waals surface area contributed by atoms with Gasteiger partial charge in [-0.1, -0.05) is 15.9 Å². The summed E-state index contributed by atoms with van der Waals surface area (Å²) < 4.78 is 41.2. The highest BCUT2D eigenvalue weighted by molar-refractivity contribution is 9.10. The van der Waals surface area contributed by atoms with E-state index in [0.717, 1.165) is 33.7 Å². The summed E-state index contributed by atoms with van der Waals surface area (Å²) in [4.78, 5) is 26.2. The molecule has 4 aromatic rings. The fourth-order valence-electron chi connectivity index (χ4n) is 3.06. The van der Waals surface area contributed by atoms with E-state index in [-0.39, 0.29) is 22.6 Å². The number of alkyl halides is 3. The largest absolute Gasteiger partial charge is 0.433 e. The summed E-state index contributed by atoms with van der Waals surface area (Å²) in [5.41, 5.74) is 0.912. The highest BCUT2D eigenvalue weighted by Crippen LogP contribution is 2.29. The fourth-order valence-corrected chi connectivity index (χ4v) is 3.75. The molecular formula is C18H12BrF3N6O. The number of benzene rings is 1. The SMILES string of the molecule is Cc1cc(Br)cc(C)c1-n1cc2c(=O)[nH]c(-c3cc(C(F)(F)F)ncn3)nc2n1. The molecule has 0 fully saturated rings. The third-order valence-electron chi connectivity index (χ3n) is 4.27. The Balaban J connectivity index is 1.87. The maximum atomic E-state index is 12.9. The molecule has 0 aliphatic carbocycles. The fraction of sp³-hybridized carbons (Fsp3) is 0.167. The van der Waals surface area contributed by atoms with Gasteiger partial charge in [-0.15, -0.1) is 5.10 Å². The zero-order chi connectivity index (χ0) is 20.9. The zero-order valence-electron chi connectivity index (χ0n) is 15.0. The number of hydrogen-bond donors (Lipinski definition) is 1. The van der Waals surface area contributed by atoms with Crippen LogP contribution in [0.15, 0.2) is 40.0 Å². The minimum absolute atomic E-state index is 0.0950. The van der Waals surface area contributed by atoms with Gasteiger partial charge in [0.1, 0.15) is 23.1 Å². The molecule has 1 N–H and O–H groups in total. The third-order valence-corrected chi connectivity index (χ3v) is 4.73. The predicted octanol–water partition coefficient (Wildman–Crippen LogP) is 3.96. The van der Waals surface area contributed by atoms with Crippen LogP contribution in [0.25, 0.3) is 28.2 Å². The van der Waals surface area contributed by atoms with Crippen molar-refractivity contribution < 1.29 is 13.2 Å². The number of hydrogen-bond acceptors (Lipinski definition) is 5. The summed E-state index contributed by atoms with van der Waals surface area (Å²) >= 11 is 3.43. The molecule has 29 heavy (non-hydrogen) atoms. The van der Waals surface area contributed by atoms with E-state index in [1.54, 1.807) is 0 Å². The van der Waals surface area contributed by atoms with Crippen molar-refractivity contribution in [2.24, 2.45) is 0 Å². The van der Waals surface area contributed by atoms with E-state index in [0.29, 0.717) is 0 Å². The van der Waals surface area contributed by atoms with Gasteiger partial charge >= 0.3 is 6.18 Å². The second-order valence-corrected chi connectivity index (χ2v) is 7.32. The van der Waals surface area contributed by atoms with Crippen LogP contribution in [0.2, 0.25) is 0 Å². The van der Waals surface area contributed by atoms with Crippen LogP contribution in [0.4, 0.5) is 13.2 Å². The van der Waals surface area contributed by atoms with Crippen molar-refractivity contribution in [1.29, 1.82) is 0 Å². The van der Waals surface area contributed by atoms with Gasteiger partial charge in [0.05, 0.1) is 5.69 Å². The lowest BCUT2D eigenvalue weighted by Gasteiger charge is -2.10. The molecule has 0 saturated heterocycles. The smallest absolute Gasteiger partial charge is 0.305 e. The summed E-state index contributed by atoms with van der Waals surface area (Å²) in [6, 6.07) is 4.55. The average molecular weight is 465 g/mol.